The Morgan fingerprint density at radius 3 is 2.41 bits per heavy atom. The molecule has 0 spiro atoms. The second kappa shape index (κ2) is 5.92. The van der Waals surface area contributed by atoms with Gasteiger partial charge in [-0.25, -0.2) is 0 Å². The minimum absolute atomic E-state index is 0.416. The molecule has 2 atom stereocenters. The number of aryl methyl sites for hydroxylation is 2. The molecule has 2 unspecified atom stereocenters. The first-order chi connectivity index (χ1) is 8.15. The first kappa shape index (κ1) is 13.0. The van der Waals surface area contributed by atoms with Crippen molar-refractivity contribution in [3.63, 3.8) is 0 Å². The summed E-state index contributed by atoms with van der Waals surface area (Å²) in [6.07, 6.45) is 5.20. The molecule has 1 fully saturated rings. The van der Waals surface area contributed by atoms with Gasteiger partial charge >= 0.3 is 0 Å². The molecule has 1 saturated carbocycles. The van der Waals surface area contributed by atoms with Crippen molar-refractivity contribution in [2.75, 3.05) is 0 Å². The predicted octanol–water partition coefficient (Wildman–Crippen LogP) is 3.81. The van der Waals surface area contributed by atoms with E-state index in [0.29, 0.717) is 11.3 Å². The number of hydrogen-bond donors (Lipinski definition) is 1. The number of nitrogens with two attached hydrogens (primary N) is 1. The van der Waals surface area contributed by atoms with E-state index in [1.165, 1.54) is 42.4 Å². The summed E-state index contributed by atoms with van der Waals surface area (Å²) >= 11 is 2.05. The summed E-state index contributed by atoms with van der Waals surface area (Å²) in [5.74, 6) is 1.11. The van der Waals surface area contributed by atoms with E-state index in [9.17, 15) is 0 Å². The molecule has 17 heavy (non-hydrogen) atoms. The van der Waals surface area contributed by atoms with E-state index in [1.807, 2.05) is 0 Å². The van der Waals surface area contributed by atoms with Gasteiger partial charge in [0.25, 0.3) is 0 Å². The van der Waals surface area contributed by atoms with Crippen LogP contribution in [-0.2, 0) is 5.75 Å². The summed E-state index contributed by atoms with van der Waals surface area (Å²) in [6, 6.07) is 7.25. The molecule has 1 aromatic rings. The van der Waals surface area contributed by atoms with Crippen molar-refractivity contribution < 1.29 is 0 Å². The number of rotatable bonds is 3. The van der Waals surface area contributed by atoms with Gasteiger partial charge in [0.2, 0.25) is 0 Å². The van der Waals surface area contributed by atoms with Gasteiger partial charge in [-0.15, -0.1) is 0 Å². The molecule has 1 aromatic carbocycles. The highest BCUT2D eigenvalue weighted by Gasteiger charge is 2.21. The van der Waals surface area contributed by atoms with Crippen LogP contribution in [-0.4, -0.2) is 11.3 Å². The van der Waals surface area contributed by atoms with Gasteiger partial charge in [-0.05, 0) is 32.3 Å². The fourth-order valence-electron chi connectivity index (χ4n) is 2.69. The van der Waals surface area contributed by atoms with Crippen LogP contribution in [0.2, 0.25) is 0 Å². The molecule has 0 radical (unpaired) electrons. The molecular formula is C15H23NS. The van der Waals surface area contributed by atoms with Gasteiger partial charge in [0, 0.05) is 17.0 Å². The predicted molar refractivity (Wildman–Crippen MR) is 77.4 cm³/mol. The van der Waals surface area contributed by atoms with Crippen LogP contribution < -0.4 is 5.73 Å². The Labute approximate surface area is 109 Å². The van der Waals surface area contributed by atoms with E-state index >= 15 is 0 Å². The Hall–Kier alpha value is -0.470. The van der Waals surface area contributed by atoms with E-state index in [4.69, 9.17) is 5.73 Å². The van der Waals surface area contributed by atoms with Crippen LogP contribution in [0, 0.1) is 13.8 Å². The van der Waals surface area contributed by atoms with E-state index in [2.05, 4.69) is 43.8 Å². The van der Waals surface area contributed by atoms with Crippen LogP contribution in [0.3, 0.4) is 0 Å². The Morgan fingerprint density at radius 1 is 1.12 bits per heavy atom. The number of benzene rings is 1. The second-order valence-corrected chi connectivity index (χ2v) is 6.52. The molecule has 94 valence electrons. The lowest BCUT2D eigenvalue weighted by molar-refractivity contribution is 0.453. The average Bonchev–Trinajstić information content (AvgIpc) is 2.27. The average molecular weight is 249 g/mol. The fraction of sp³-hybridized carbons (Fsp3) is 0.600. The van der Waals surface area contributed by atoms with Gasteiger partial charge in [-0.2, -0.15) is 11.8 Å². The zero-order valence-corrected chi connectivity index (χ0v) is 11.7. The first-order valence-corrected chi connectivity index (χ1v) is 7.64. The molecule has 2 rings (SSSR count). The topological polar surface area (TPSA) is 26.0 Å². The molecule has 0 aliphatic heterocycles. The van der Waals surface area contributed by atoms with E-state index < -0.39 is 0 Å². The third-order valence-electron chi connectivity index (χ3n) is 3.50. The van der Waals surface area contributed by atoms with Crippen molar-refractivity contribution in [3.05, 3.63) is 34.9 Å². The van der Waals surface area contributed by atoms with Crippen LogP contribution in [0.25, 0.3) is 0 Å². The van der Waals surface area contributed by atoms with Crippen molar-refractivity contribution >= 4 is 11.8 Å². The zero-order chi connectivity index (χ0) is 12.3. The molecule has 1 aliphatic rings. The largest absolute Gasteiger partial charge is 0.327 e. The standard InChI is InChI=1S/C15H23NS/c1-11-7-12(2)9-13(8-11)10-17-15-6-4-3-5-14(15)16/h7-9,14-15H,3-6,10,16H2,1-2H3. The number of thioether (sulfide) groups is 1. The third-order valence-corrected chi connectivity index (χ3v) is 5.01. The van der Waals surface area contributed by atoms with Crippen LogP contribution in [0.1, 0.15) is 42.4 Å². The highest BCUT2D eigenvalue weighted by Crippen LogP contribution is 2.30. The van der Waals surface area contributed by atoms with Gasteiger partial charge < -0.3 is 5.73 Å². The Kier molecular flexibility index (Phi) is 4.52. The quantitative estimate of drug-likeness (QED) is 0.881. The van der Waals surface area contributed by atoms with Gasteiger partial charge in [-0.3, -0.25) is 0 Å². The summed E-state index contributed by atoms with van der Waals surface area (Å²) in [5.41, 5.74) is 10.4. The molecule has 1 nitrogen and oxygen atoms in total. The minimum Gasteiger partial charge on any atom is -0.327 e. The monoisotopic (exact) mass is 249 g/mol. The van der Waals surface area contributed by atoms with E-state index in [1.54, 1.807) is 0 Å². The van der Waals surface area contributed by atoms with Crippen molar-refractivity contribution in [1.82, 2.24) is 0 Å². The SMILES string of the molecule is Cc1cc(C)cc(CSC2CCCCC2N)c1. The van der Waals surface area contributed by atoms with Gasteiger partial charge in [0.05, 0.1) is 0 Å². The first-order valence-electron chi connectivity index (χ1n) is 6.59. The maximum atomic E-state index is 6.18. The molecular weight excluding hydrogens is 226 g/mol. The summed E-state index contributed by atoms with van der Waals surface area (Å²) in [7, 11) is 0. The van der Waals surface area contributed by atoms with E-state index in [-0.39, 0.29) is 0 Å². The molecule has 2 heteroatoms. The van der Waals surface area contributed by atoms with Crippen LogP contribution in [0.5, 0.6) is 0 Å². The molecule has 1 aliphatic carbocycles. The lowest BCUT2D eigenvalue weighted by atomic mass is 9.96. The third kappa shape index (κ3) is 3.75. The summed E-state index contributed by atoms with van der Waals surface area (Å²) in [4.78, 5) is 0. The molecule has 0 heterocycles. The zero-order valence-electron chi connectivity index (χ0n) is 10.9. The summed E-state index contributed by atoms with van der Waals surface area (Å²) in [5, 5.41) is 0.671. The molecule has 0 saturated heterocycles. The van der Waals surface area contributed by atoms with Gasteiger partial charge in [0.15, 0.2) is 0 Å². The smallest absolute Gasteiger partial charge is 0.0202 e. The minimum atomic E-state index is 0.416. The van der Waals surface area contributed by atoms with Crippen molar-refractivity contribution in [1.29, 1.82) is 0 Å². The van der Waals surface area contributed by atoms with Gasteiger partial charge in [-0.1, -0.05) is 42.2 Å². The van der Waals surface area contributed by atoms with Crippen molar-refractivity contribution in [2.24, 2.45) is 5.73 Å². The van der Waals surface area contributed by atoms with Crippen LogP contribution in [0.15, 0.2) is 18.2 Å². The van der Waals surface area contributed by atoms with E-state index in [0.717, 1.165) is 5.75 Å². The van der Waals surface area contributed by atoms with Crippen molar-refractivity contribution in [2.45, 2.75) is 56.6 Å². The Balaban J connectivity index is 1.92. The second-order valence-electron chi connectivity index (χ2n) is 5.29. The normalized spacial score (nSPS) is 24.9. The fourth-order valence-corrected chi connectivity index (χ4v) is 3.98. The summed E-state index contributed by atoms with van der Waals surface area (Å²) in [6.45, 7) is 4.35. The lowest BCUT2D eigenvalue weighted by Gasteiger charge is -2.28. The molecule has 0 bridgehead atoms. The van der Waals surface area contributed by atoms with Gasteiger partial charge in [0.1, 0.15) is 0 Å². The number of hydrogen-bond acceptors (Lipinski definition) is 2. The maximum absolute atomic E-state index is 6.18. The Morgan fingerprint density at radius 2 is 1.76 bits per heavy atom. The highest BCUT2D eigenvalue weighted by molar-refractivity contribution is 7.99. The molecule has 0 aromatic heterocycles. The Bertz CT molecular complexity index is 355. The molecule has 2 N–H and O–H groups in total. The lowest BCUT2D eigenvalue weighted by Crippen LogP contribution is -2.35. The maximum Gasteiger partial charge on any atom is 0.0202 e. The summed E-state index contributed by atoms with van der Waals surface area (Å²) < 4.78 is 0. The van der Waals surface area contributed by atoms with Crippen molar-refractivity contribution in [3.8, 4) is 0 Å². The highest BCUT2D eigenvalue weighted by atomic mass is 32.2. The van der Waals surface area contributed by atoms with Crippen LogP contribution >= 0.6 is 11.8 Å². The van der Waals surface area contributed by atoms with Crippen LogP contribution in [0.4, 0.5) is 0 Å². The molecule has 0 amide bonds.